The van der Waals surface area contributed by atoms with Crippen LogP contribution in [0, 0.1) is 0 Å². The zero-order chi connectivity index (χ0) is 16.8. The lowest BCUT2D eigenvalue weighted by atomic mass is 10.4. The van der Waals surface area contributed by atoms with Crippen LogP contribution in [0.5, 0.6) is 0 Å². The highest BCUT2D eigenvalue weighted by Crippen LogP contribution is 2.34. The normalized spacial score (nSPS) is 12.2. The minimum Gasteiger partial charge on any atom is -0.383 e. The number of aromatic nitrogens is 6. The van der Waals surface area contributed by atoms with E-state index in [1.165, 1.54) is 21.0 Å². The molecule has 3 rings (SSSR count). The van der Waals surface area contributed by atoms with Crippen LogP contribution in [-0.2, 0) is 13.2 Å². The summed E-state index contributed by atoms with van der Waals surface area (Å²) in [6.45, 7) is 1.96. The summed E-state index contributed by atoms with van der Waals surface area (Å²) >= 11 is 1.47. The fourth-order valence-electron chi connectivity index (χ4n) is 2.00. The number of rotatable bonds is 3. The zero-order valence-electron chi connectivity index (χ0n) is 12.2. The van der Waals surface area contributed by atoms with Crippen molar-refractivity contribution in [1.82, 2.24) is 29.4 Å². The largest absolute Gasteiger partial charge is 0.433 e. The molecule has 0 amide bonds. The Bertz CT molecular complexity index is 868. The Morgan fingerprint density at radius 1 is 1.30 bits per heavy atom. The molecular formula is C12H12F3N7S. The van der Waals surface area contributed by atoms with Gasteiger partial charge in [0.2, 0.25) is 5.82 Å². The molecular weight excluding hydrogens is 331 g/mol. The van der Waals surface area contributed by atoms with Gasteiger partial charge in [-0.25, -0.2) is 14.5 Å². The number of aryl methyl sites for hydroxylation is 1. The number of thioether (sulfide) groups is 1. The molecule has 3 aromatic rings. The predicted molar refractivity (Wildman–Crippen MR) is 78.8 cm³/mol. The summed E-state index contributed by atoms with van der Waals surface area (Å²) in [6, 6.07) is 0.843. The quantitative estimate of drug-likeness (QED) is 0.734. The van der Waals surface area contributed by atoms with Gasteiger partial charge in [-0.15, -0.1) is 16.9 Å². The minimum atomic E-state index is -4.54. The van der Waals surface area contributed by atoms with Crippen molar-refractivity contribution in [3.05, 3.63) is 18.1 Å². The molecule has 0 bridgehead atoms. The van der Waals surface area contributed by atoms with E-state index in [-0.39, 0.29) is 11.5 Å². The van der Waals surface area contributed by atoms with Crippen molar-refractivity contribution in [2.45, 2.75) is 18.0 Å². The first-order valence-electron chi connectivity index (χ1n) is 6.56. The molecule has 11 heteroatoms. The van der Waals surface area contributed by atoms with Crippen LogP contribution in [0.3, 0.4) is 0 Å². The van der Waals surface area contributed by atoms with Gasteiger partial charge in [0, 0.05) is 13.1 Å². The fraction of sp³-hybridized carbons (Fsp3) is 0.333. The lowest BCUT2D eigenvalue weighted by Crippen LogP contribution is -2.08. The van der Waals surface area contributed by atoms with Gasteiger partial charge in [-0.3, -0.25) is 4.68 Å². The second kappa shape index (κ2) is 5.41. The monoisotopic (exact) mass is 343 g/mol. The number of hydrogen-bond acceptors (Lipinski definition) is 6. The highest BCUT2D eigenvalue weighted by Gasteiger charge is 2.33. The lowest BCUT2D eigenvalue weighted by Gasteiger charge is -2.03. The average Bonchev–Trinajstić information content (AvgIpc) is 3.02. The standard InChI is InChI=1S/C12H12F3N7S/c1-3-23-9-8(19-21(2)10(9)16)11-18-7-4-6(12(13,14)15)17-5-22(7)20-11/h4-5H,3,16H2,1-2H3. The van der Waals surface area contributed by atoms with Gasteiger partial charge in [-0.1, -0.05) is 6.92 Å². The van der Waals surface area contributed by atoms with E-state index >= 15 is 0 Å². The predicted octanol–water partition coefficient (Wildman–Crippen LogP) is 2.24. The van der Waals surface area contributed by atoms with Gasteiger partial charge < -0.3 is 5.73 Å². The Morgan fingerprint density at radius 2 is 2.04 bits per heavy atom. The molecule has 0 aliphatic rings. The third-order valence-corrected chi connectivity index (χ3v) is 4.05. The number of nitrogen functional groups attached to an aromatic ring is 1. The Balaban J connectivity index is 2.13. The Kier molecular flexibility index (Phi) is 3.66. The molecule has 7 nitrogen and oxygen atoms in total. The minimum absolute atomic E-state index is 0.0407. The van der Waals surface area contributed by atoms with Crippen molar-refractivity contribution in [2.24, 2.45) is 7.05 Å². The van der Waals surface area contributed by atoms with Crippen molar-refractivity contribution >= 4 is 23.2 Å². The number of nitrogens with two attached hydrogens (primary N) is 1. The van der Waals surface area contributed by atoms with Crippen LogP contribution in [0.4, 0.5) is 19.0 Å². The first-order valence-corrected chi connectivity index (χ1v) is 7.55. The molecule has 0 saturated heterocycles. The summed E-state index contributed by atoms with van der Waals surface area (Å²) in [5.41, 5.74) is 5.42. The lowest BCUT2D eigenvalue weighted by molar-refractivity contribution is -0.141. The molecule has 0 atom stereocenters. The van der Waals surface area contributed by atoms with Crippen LogP contribution >= 0.6 is 11.8 Å². The van der Waals surface area contributed by atoms with Crippen molar-refractivity contribution in [2.75, 3.05) is 11.5 Å². The van der Waals surface area contributed by atoms with Gasteiger partial charge in [0.05, 0.1) is 4.90 Å². The van der Waals surface area contributed by atoms with Crippen LogP contribution in [0.25, 0.3) is 17.2 Å². The summed E-state index contributed by atoms with van der Waals surface area (Å²) in [6.07, 6.45) is -3.56. The van der Waals surface area contributed by atoms with Crippen molar-refractivity contribution < 1.29 is 13.2 Å². The number of halogens is 3. The molecule has 0 spiro atoms. The van der Waals surface area contributed by atoms with Crippen LogP contribution in [0.2, 0.25) is 0 Å². The molecule has 3 aromatic heterocycles. The van der Waals surface area contributed by atoms with E-state index in [1.54, 1.807) is 7.05 Å². The molecule has 0 unspecified atom stereocenters. The second-order valence-electron chi connectivity index (χ2n) is 4.63. The molecule has 3 heterocycles. The van der Waals surface area contributed by atoms with Gasteiger partial charge in [-0.2, -0.15) is 18.3 Å². The van der Waals surface area contributed by atoms with E-state index in [0.29, 0.717) is 16.4 Å². The van der Waals surface area contributed by atoms with Crippen LogP contribution < -0.4 is 5.73 Å². The molecule has 0 aliphatic carbocycles. The molecule has 0 aliphatic heterocycles. The third kappa shape index (κ3) is 2.71. The molecule has 0 fully saturated rings. The highest BCUT2D eigenvalue weighted by atomic mass is 32.2. The average molecular weight is 343 g/mol. The molecule has 0 aromatic carbocycles. The zero-order valence-corrected chi connectivity index (χ0v) is 13.0. The Hall–Kier alpha value is -2.30. The van der Waals surface area contributed by atoms with Gasteiger partial charge >= 0.3 is 6.18 Å². The maximum atomic E-state index is 12.7. The maximum absolute atomic E-state index is 12.7. The maximum Gasteiger partial charge on any atom is 0.433 e. The first-order chi connectivity index (χ1) is 10.8. The second-order valence-corrected chi connectivity index (χ2v) is 5.90. The fourth-order valence-corrected chi connectivity index (χ4v) is 2.84. The summed E-state index contributed by atoms with van der Waals surface area (Å²) < 4.78 is 40.8. The number of anilines is 1. The van der Waals surface area contributed by atoms with Crippen LogP contribution in [0.15, 0.2) is 17.3 Å². The van der Waals surface area contributed by atoms with Gasteiger partial charge in [0.15, 0.2) is 5.65 Å². The molecule has 0 radical (unpaired) electrons. The smallest absolute Gasteiger partial charge is 0.383 e. The van der Waals surface area contributed by atoms with E-state index in [9.17, 15) is 13.2 Å². The summed E-state index contributed by atoms with van der Waals surface area (Å²) in [5.74, 6) is 1.42. The number of alkyl halides is 3. The van der Waals surface area contributed by atoms with E-state index in [0.717, 1.165) is 18.1 Å². The summed E-state index contributed by atoms with van der Waals surface area (Å²) in [4.78, 5) is 8.17. The van der Waals surface area contributed by atoms with Crippen molar-refractivity contribution in [3.8, 4) is 11.5 Å². The molecule has 122 valence electrons. The molecule has 23 heavy (non-hydrogen) atoms. The highest BCUT2D eigenvalue weighted by molar-refractivity contribution is 7.99. The van der Waals surface area contributed by atoms with E-state index < -0.39 is 11.9 Å². The van der Waals surface area contributed by atoms with Crippen LogP contribution in [0.1, 0.15) is 12.6 Å². The van der Waals surface area contributed by atoms with E-state index in [2.05, 4.69) is 20.2 Å². The summed E-state index contributed by atoms with van der Waals surface area (Å²) in [7, 11) is 1.68. The SMILES string of the molecule is CCSc1c(-c2nc3cc(C(F)(F)F)ncn3n2)nn(C)c1N. The Labute approximate surface area is 132 Å². The van der Waals surface area contributed by atoms with Crippen molar-refractivity contribution in [1.29, 1.82) is 0 Å². The number of fused-ring (bicyclic) bond motifs is 1. The third-order valence-electron chi connectivity index (χ3n) is 3.07. The topological polar surface area (TPSA) is 86.9 Å². The molecule has 0 saturated carbocycles. The number of nitrogens with zero attached hydrogens (tertiary/aromatic N) is 6. The van der Waals surface area contributed by atoms with Gasteiger partial charge in [-0.05, 0) is 5.75 Å². The van der Waals surface area contributed by atoms with Gasteiger partial charge in [0.25, 0.3) is 0 Å². The van der Waals surface area contributed by atoms with Gasteiger partial charge in [0.1, 0.15) is 23.5 Å². The Morgan fingerprint density at radius 3 is 2.70 bits per heavy atom. The van der Waals surface area contributed by atoms with Crippen LogP contribution in [-0.4, -0.2) is 35.1 Å². The number of hydrogen-bond donors (Lipinski definition) is 1. The first kappa shape index (κ1) is 15.6. The van der Waals surface area contributed by atoms with E-state index in [1.807, 2.05) is 6.92 Å². The van der Waals surface area contributed by atoms with E-state index in [4.69, 9.17) is 5.73 Å². The van der Waals surface area contributed by atoms with Crippen molar-refractivity contribution in [3.63, 3.8) is 0 Å². The molecule has 2 N–H and O–H groups in total. The summed E-state index contributed by atoms with van der Waals surface area (Å²) in [5, 5.41) is 8.39.